The minimum absolute atomic E-state index is 0.00768. The molecule has 0 bridgehead atoms. The third kappa shape index (κ3) is 4.22. The molecule has 0 aliphatic carbocycles. The largest absolute Gasteiger partial charge is 0.464 e. The average molecular weight is 447 g/mol. The number of esters is 3. The predicted molar refractivity (Wildman–Crippen MR) is 116 cm³/mol. The first-order valence-electron chi connectivity index (χ1n) is 8.95. The third-order valence-electron chi connectivity index (χ3n) is 4.08. The molecule has 0 radical (unpaired) electrons. The number of aromatic amines is 1. The first-order chi connectivity index (χ1) is 14.5. The molecule has 1 atom stereocenters. The van der Waals surface area contributed by atoms with E-state index in [0.717, 1.165) is 4.70 Å². The zero-order valence-electron chi connectivity index (χ0n) is 16.6. The number of ether oxygens (including phenoxy) is 3. The van der Waals surface area contributed by atoms with Crippen LogP contribution in [0.4, 0.5) is 0 Å². The second-order valence-corrected chi connectivity index (χ2v) is 8.74. The number of carbonyl (C=O) groups is 3. The van der Waals surface area contributed by atoms with E-state index in [1.165, 1.54) is 25.6 Å². The molecule has 3 aromatic rings. The molecule has 0 saturated carbocycles. The van der Waals surface area contributed by atoms with E-state index in [9.17, 15) is 14.4 Å². The van der Waals surface area contributed by atoms with Crippen LogP contribution in [0.25, 0.3) is 15.1 Å². The second kappa shape index (κ2) is 9.55. The number of benzene rings is 1. The van der Waals surface area contributed by atoms with Gasteiger partial charge in [0, 0.05) is 16.5 Å². The minimum Gasteiger partial charge on any atom is -0.464 e. The Balaban J connectivity index is 2.62. The molecule has 0 amide bonds. The SMILES string of the molecule is CCOC(=O)c1cc2sccc2[nH]c(C(=O)OC)c(C(=O)OC)[s+]1-c1ccccc1. The van der Waals surface area contributed by atoms with Gasteiger partial charge in [0.2, 0.25) is 0 Å². The first-order valence-corrected chi connectivity index (χ1v) is 11.1. The molecule has 0 aliphatic heterocycles. The van der Waals surface area contributed by atoms with E-state index in [-0.39, 0.29) is 22.1 Å². The summed E-state index contributed by atoms with van der Waals surface area (Å²) >= 11 is 1.39. The van der Waals surface area contributed by atoms with Crippen molar-refractivity contribution in [1.82, 2.24) is 4.98 Å². The van der Waals surface area contributed by atoms with Crippen LogP contribution in [0.1, 0.15) is 36.8 Å². The highest BCUT2D eigenvalue weighted by Gasteiger charge is 2.37. The first kappa shape index (κ1) is 21.5. The molecule has 2 aromatic heterocycles. The zero-order valence-corrected chi connectivity index (χ0v) is 18.2. The smallest absolute Gasteiger partial charge is 0.394 e. The number of aromatic nitrogens is 1. The average Bonchev–Trinajstić information content (AvgIpc) is 3.19. The number of hydrogen-bond donors (Lipinski definition) is 1. The molecule has 9 heteroatoms. The lowest BCUT2D eigenvalue weighted by molar-refractivity contribution is 0.0530. The number of rotatable bonds is 5. The van der Waals surface area contributed by atoms with Crippen molar-refractivity contribution in [1.29, 1.82) is 0 Å². The van der Waals surface area contributed by atoms with Gasteiger partial charge < -0.3 is 19.2 Å². The van der Waals surface area contributed by atoms with E-state index in [4.69, 9.17) is 14.2 Å². The van der Waals surface area contributed by atoms with Crippen molar-refractivity contribution in [3.63, 3.8) is 0 Å². The van der Waals surface area contributed by atoms with Gasteiger partial charge in [-0.3, -0.25) is 0 Å². The molecule has 2 heterocycles. The summed E-state index contributed by atoms with van der Waals surface area (Å²) in [5.41, 5.74) is 0.492. The fraction of sp³-hybridized carbons (Fsp3) is 0.190. The summed E-state index contributed by atoms with van der Waals surface area (Å²) in [6.45, 7) is 1.87. The summed E-state index contributed by atoms with van der Waals surface area (Å²) in [5, 5.41) is 1.82. The van der Waals surface area contributed by atoms with Crippen molar-refractivity contribution in [2.75, 3.05) is 20.8 Å². The Bertz CT molecular complexity index is 1140. The van der Waals surface area contributed by atoms with Crippen molar-refractivity contribution < 1.29 is 28.6 Å². The monoisotopic (exact) mass is 446 g/mol. The van der Waals surface area contributed by atoms with Crippen LogP contribution >= 0.6 is 21.8 Å². The van der Waals surface area contributed by atoms with Crippen LogP contribution < -0.4 is 0 Å². The fourth-order valence-corrected chi connectivity index (χ4v) is 5.83. The lowest BCUT2D eigenvalue weighted by Crippen LogP contribution is -2.15. The van der Waals surface area contributed by atoms with Gasteiger partial charge in [0.05, 0.1) is 31.0 Å². The highest BCUT2D eigenvalue weighted by Crippen LogP contribution is 2.40. The quantitative estimate of drug-likeness (QED) is 0.342. The Kier molecular flexibility index (Phi) is 6.86. The number of thiophene rings is 1. The van der Waals surface area contributed by atoms with Gasteiger partial charge in [0.1, 0.15) is 0 Å². The van der Waals surface area contributed by atoms with E-state index in [1.807, 2.05) is 11.4 Å². The predicted octanol–water partition coefficient (Wildman–Crippen LogP) is 4.84. The molecule has 156 valence electrons. The lowest BCUT2D eigenvalue weighted by Gasteiger charge is -2.07. The fourth-order valence-electron chi connectivity index (χ4n) is 2.79. The molecular weight excluding hydrogens is 426 g/mol. The van der Waals surface area contributed by atoms with Gasteiger partial charge in [-0.05, 0) is 30.5 Å². The van der Waals surface area contributed by atoms with Gasteiger partial charge >= 0.3 is 17.9 Å². The van der Waals surface area contributed by atoms with Gasteiger partial charge in [-0.2, -0.15) is 0 Å². The van der Waals surface area contributed by atoms with Crippen LogP contribution in [-0.4, -0.2) is 43.7 Å². The van der Waals surface area contributed by atoms with Crippen LogP contribution in [0, 0.1) is 0 Å². The van der Waals surface area contributed by atoms with Crippen molar-refractivity contribution in [2.45, 2.75) is 6.92 Å². The second-order valence-electron chi connectivity index (χ2n) is 5.86. The number of methoxy groups -OCH3 is 2. The van der Waals surface area contributed by atoms with E-state index in [1.54, 1.807) is 43.3 Å². The molecule has 1 unspecified atom stereocenters. The van der Waals surface area contributed by atoms with Crippen molar-refractivity contribution >= 4 is 49.9 Å². The van der Waals surface area contributed by atoms with Crippen molar-refractivity contribution in [3.05, 3.63) is 63.3 Å². The van der Waals surface area contributed by atoms with E-state index in [2.05, 4.69) is 4.98 Å². The summed E-state index contributed by atoms with van der Waals surface area (Å²) < 4.78 is 16.0. The molecule has 1 aromatic carbocycles. The minimum atomic E-state index is -1.28. The Hall–Kier alpha value is -3.17. The van der Waals surface area contributed by atoms with Gasteiger partial charge in [0.25, 0.3) is 9.75 Å². The third-order valence-corrected chi connectivity index (χ3v) is 7.19. The van der Waals surface area contributed by atoms with Crippen LogP contribution in [0.5, 0.6) is 0 Å². The Morgan fingerprint density at radius 3 is 2.33 bits per heavy atom. The maximum atomic E-state index is 13.0. The van der Waals surface area contributed by atoms with Crippen LogP contribution in [-0.2, 0) is 14.2 Å². The standard InChI is InChI=1S/C21H19NO6S2/c1-4-28-19(23)16-12-15-14(10-11-29-15)22-17(20(24)26-2)18(21(25)27-3)30(16)13-8-6-5-7-9-13/h5-12H,4H2,1-3H3/p+1. The van der Waals surface area contributed by atoms with E-state index in [0.29, 0.717) is 10.4 Å². The molecule has 0 spiro atoms. The Morgan fingerprint density at radius 1 is 1.00 bits per heavy atom. The van der Waals surface area contributed by atoms with Crippen LogP contribution in [0.2, 0.25) is 0 Å². The highest BCUT2D eigenvalue weighted by atomic mass is 32.2. The van der Waals surface area contributed by atoms with Crippen molar-refractivity contribution in [3.8, 4) is 4.90 Å². The Morgan fingerprint density at radius 2 is 1.70 bits per heavy atom. The molecular formula is C21H20NO6S2+. The number of H-pyrrole nitrogens is 1. The maximum Gasteiger partial charge on any atom is 0.394 e. The zero-order chi connectivity index (χ0) is 21.7. The number of carbonyl (C=O) groups excluding carboxylic acids is 3. The summed E-state index contributed by atoms with van der Waals surface area (Å²) in [7, 11) is 1.16. The Labute approximate surface area is 179 Å². The highest BCUT2D eigenvalue weighted by molar-refractivity contribution is 7.42. The molecule has 0 saturated heterocycles. The molecule has 3 rings (SSSR count). The molecule has 0 aliphatic rings. The van der Waals surface area contributed by atoms with Gasteiger partial charge in [-0.1, -0.05) is 18.2 Å². The van der Waals surface area contributed by atoms with E-state index < -0.39 is 28.4 Å². The molecule has 7 nitrogen and oxygen atoms in total. The number of hydrogen-bond acceptors (Lipinski definition) is 7. The molecule has 30 heavy (non-hydrogen) atoms. The molecule has 1 N–H and O–H groups in total. The number of nitrogens with one attached hydrogen (secondary N) is 1. The summed E-state index contributed by atoms with van der Waals surface area (Å²) in [6, 6.07) is 12.4. The summed E-state index contributed by atoms with van der Waals surface area (Å²) in [5.74, 6) is -2.06. The number of fused-ring (bicyclic) bond motifs is 1. The normalized spacial score (nSPS) is 11.0. The maximum absolute atomic E-state index is 13.0. The van der Waals surface area contributed by atoms with Gasteiger partial charge in [-0.15, -0.1) is 11.3 Å². The van der Waals surface area contributed by atoms with Crippen molar-refractivity contribution in [2.24, 2.45) is 0 Å². The van der Waals surface area contributed by atoms with Gasteiger partial charge in [-0.25, -0.2) is 14.4 Å². The summed E-state index contributed by atoms with van der Waals surface area (Å²) in [4.78, 5) is 42.5. The topological polar surface area (TPSA) is 94.7 Å². The lowest BCUT2D eigenvalue weighted by atomic mass is 10.3. The van der Waals surface area contributed by atoms with Crippen LogP contribution in [0.3, 0.4) is 0 Å². The molecule has 0 fully saturated rings. The summed E-state index contributed by atoms with van der Waals surface area (Å²) in [6.07, 6.45) is 0. The van der Waals surface area contributed by atoms with Crippen LogP contribution in [0.15, 0.2) is 47.8 Å². The van der Waals surface area contributed by atoms with E-state index >= 15 is 0 Å². The van der Waals surface area contributed by atoms with Gasteiger partial charge in [0.15, 0.2) is 10.6 Å².